The van der Waals surface area contributed by atoms with E-state index in [0.29, 0.717) is 17.9 Å². The lowest BCUT2D eigenvalue weighted by Crippen LogP contribution is -2.24. The molecule has 1 aliphatic heterocycles. The van der Waals surface area contributed by atoms with Crippen molar-refractivity contribution >= 4 is 45.6 Å². The van der Waals surface area contributed by atoms with E-state index in [2.05, 4.69) is 6.08 Å². The monoisotopic (exact) mass is 380 g/mol. The van der Waals surface area contributed by atoms with Crippen molar-refractivity contribution in [1.29, 1.82) is 10.8 Å². The molecule has 0 amide bonds. The summed E-state index contributed by atoms with van der Waals surface area (Å²) in [6.45, 7) is 0. The third-order valence-corrected chi connectivity index (χ3v) is 7.11. The van der Waals surface area contributed by atoms with Crippen molar-refractivity contribution in [2.75, 3.05) is 11.5 Å². The molecule has 1 spiro atoms. The van der Waals surface area contributed by atoms with Crippen LogP contribution >= 0.6 is 35.3 Å². The van der Waals surface area contributed by atoms with Gasteiger partial charge in [-0.25, -0.2) is 4.39 Å². The van der Waals surface area contributed by atoms with Crippen molar-refractivity contribution in [2.24, 2.45) is 16.9 Å². The molecule has 0 saturated heterocycles. The fourth-order valence-electron chi connectivity index (χ4n) is 3.09. The predicted octanol–water partition coefficient (Wildman–Crippen LogP) is 3.86. The number of allylic oxidation sites excluding steroid dienone is 8. The molecule has 126 valence electrons. The summed E-state index contributed by atoms with van der Waals surface area (Å²) in [6, 6.07) is 0. The van der Waals surface area contributed by atoms with Gasteiger partial charge in [0.15, 0.2) is 10.3 Å². The van der Waals surface area contributed by atoms with Crippen LogP contribution in [0, 0.1) is 16.2 Å². The van der Waals surface area contributed by atoms with Gasteiger partial charge in [0.25, 0.3) is 0 Å². The molecule has 1 atom stereocenters. The standard InChI is InChI=1S/C16H17FN4S3/c17-10-5-9(7-22-14(18)19)13-16(6-10)4-2-1-3-11(16)12(24-13)8-23-15(20)21/h1-5H,6-8H2,(H3,18,19)(H3,20,21). The number of thioether (sulfide) groups is 3. The minimum absolute atomic E-state index is 0.0270. The van der Waals surface area contributed by atoms with Gasteiger partial charge >= 0.3 is 0 Å². The zero-order valence-electron chi connectivity index (χ0n) is 12.8. The summed E-state index contributed by atoms with van der Waals surface area (Å²) in [4.78, 5) is 2.21. The Morgan fingerprint density at radius 2 is 1.92 bits per heavy atom. The van der Waals surface area contributed by atoms with Crippen LogP contribution in [-0.2, 0) is 0 Å². The van der Waals surface area contributed by atoms with Gasteiger partial charge in [0.05, 0.1) is 5.41 Å². The van der Waals surface area contributed by atoms with Crippen LogP contribution in [0.5, 0.6) is 0 Å². The molecule has 2 aliphatic carbocycles. The SMILES string of the molecule is N=C(N)SCC1=C2SC(CSC(=N)N)=C3C=CC=CC32CC(F)=C1. The van der Waals surface area contributed by atoms with Crippen LogP contribution in [-0.4, -0.2) is 21.8 Å². The molecule has 24 heavy (non-hydrogen) atoms. The minimum atomic E-state index is -0.461. The summed E-state index contributed by atoms with van der Waals surface area (Å²) in [5.41, 5.74) is 12.4. The molecule has 1 heterocycles. The first-order valence-corrected chi connectivity index (χ1v) is 10.0. The zero-order valence-corrected chi connectivity index (χ0v) is 15.2. The highest BCUT2D eigenvalue weighted by atomic mass is 32.2. The van der Waals surface area contributed by atoms with Gasteiger partial charge in [0.1, 0.15) is 5.83 Å². The van der Waals surface area contributed by atoms with E-state index in [1.54, 1.807) is 17.8 Å². The maximum Gasteiger partial charge on any atom is 0.151 e. The lowest BCUT2D eigenvalue weighted by molar-refractivity contribution is 0.474. The quantitative estimate of drug-likeness (QED) is 0.438. The summed E-state index contributed by atoms with van der Waals surface area (Å²) >= 11 is 4.12. The van der Waals surface area contributed by atoms with Crippen molar-refractivity contribution in [3.05, 3.63) is 57.2 Å². The van der Waals surface area contributed by atoms with Crippen LogP contribution in [0.4, 0.5) is 4.39 Å². The van der Waals surface area contributed by atoms with Gasteiger partial charge in [-0.05, 0) is 17.2 Å². The Bertz CT molecular complexity index is 763. The first-order chi connectivity index (χ1) is 11.4. The van der Waals surface area contributed by atoms with E-state index in [9.17, 15) is 4.39 Å². The molecule has 8 heteroatoms. The molecule has 0 bridgehead atoms. The molecule has 0 aromatic rings. The second-order valence-corrected chi connectivity index (χ2v) is 8.70. The molecule has 0 saturated carbocycles. The lowest BCUT2D eigenvalue weighted by Gasteiger charge is -2.34. The second-order valence-electron chi connectivity index (χ2n) is 5.56. The number of hydrogen-bond acceptors (Lipinski definition) is 5. The molecule has 1 unspecified atom stereocenters. The summed E-state index contributed by atoms with van der Waals surface area (Å²) in [6.07, 6.45) is 9.90. The van der Waals surface area contributed by atoms with Gasteiger partial charge in [-0.15, -0.1) is 0 Å². The number of rotatable bonds is 4. The van der Waals surface area contributed by atoms with E-state index in [1.165, 1.54) is 23.5 Å². The van der Waals surface area contributed by atoms with E-state index in [-0.39, 0.29) is 16.2 Å². The fraction of sp³-hybridized carbons (Fsp3) is 0.250. The number of nitrogens with two attached hydrogens (primary N) is 2. The number of amidine groups is 2. The van der Waals surface area contributed by atoms with E-state index in [0.717, 1.165) is 21.0 Å². The predicted molar refractivity (Wildman–Crippen MR) is 105 cm³/mol. The third kappa shape index (κ3) is 3.22. The lowest BCUT2D eigenvalue weighted by atomic mass is 9.71. The smallest absolute Gasteiger partial charge is 0.151 e. The molecular weight excluding hydrogens is 363 g/mol. The van der Waals surface area contributed by atoms with Crippen LogP contribution < -0.4 is 11.5 Å². The first-order valence-electron chi connectivity index (χ1n) is 7.23. The van der Waals surface area contributed by atoms with Gasteiger partial charge in [0.2, 0.25) is 0 Å². The Morgan fingerprint density at radius 1 is 1.21 bits per heavy atom. The van der Waals surface area contributed by atoms with Crippen molar-refractivity contribution in [2.45, 2.75) is 6.42 Å². The van der Waals surface area contributed by atoms with Crippen LogP contribution in [0.25, 0.3) is 0 Å². The van der Waals surface area contributed by atoms with Gasteiger partial charge in [-0.3, -0.25) is 10.8 Å². The fourth-order valence-corrected chi connectivity index (χ4v) is 5.88. The van der Waals surface area contributed by atoms with E-state index < -0.39 is 5.41 Å². The summed E-state index contributed by atoms with van der Waals surface area (Å²) in [5, 5.41) is 14.9. The van der Waals surface area contributed by atoms with Crippen molar-refractivity contribution in [1.82, 2.24) is 0 Å². The molecule has 0 aromatic carbocycles. The van der Waals surface area contributed by atoms with E-state index >= 15 is 0 Å². The Kier molecular flexibility index (Phi) is 4.98. The normalized spacial score (nSPS) is 24.8. The molecule has 0 radical (unpaired) electrons. The second kappa shape index (κ2) is 6.85. The average molecular weight is 381 g/mol. The van der Waals surface area contributed by atoms with Crippen molar-refractivity contribution in [3.8, 4) is 0 Å². The van der Waals surface area contributed by atoms with Crippen LogP contribution in [0.3, 0.4) is 0 Å². The van der Waals surface area contributed by atoms with E-state index in [4.69, 9.17) is 22.3 Å². The average Bonchev–Trinajstić information content (AvgIpc) is 2.84. The van der Waals surface area contributed by atoms with Crippen molar-refractivity contribution < 1.29 is 4.39 Å². The highest BCUT2D eigenvalue weighted by molar-refractivity contribution is 8.15. The van der Waals surface area contributed by atoms with Gasteiger partial charge in [-0.1, -0.05) is 59.6 Å². The molecule has 3 aliphatic rings. The summed E-state index contributed by atoms with van der Waals surface area (Å²) in [7, 11) is 0. The number of nitrogens with one attached hydrogen (secondary N) is 2. The Balaban J connectivity index is 2.01. The molecule has 0 fully saturated rings. The molecule has 4 nitrogen and oxygen atoms in total. The van der Waals surface area contributed by atoms with Crippen molar-refractivity contribution in [3.63, 3.8) is 0 Å². The van der Waals surface area contributed by atoms with Gasteiger partial charge in [-0.2, -0.15) is 0 Å². The van der Waals surface area contributed by atoms with E-state index in [1.807, 2.05) is 18.2 Å². The van der Waals surface area contributed by atoms with Crippen LogP contribution in [0.15, 0.2) is 57.2 Å². The third-order valence-electron chi connectivity index (χ3n) is 3.98. The largest absolute Gasteiger partial charge is 0.379 e. The zero-order chi connectivity index (χ0) is 17.3. The number of halogens is 1. The summed E-state index contributed by atoms with van der Waals surface area (Å²) in [5.74, 6) is 0.926. The van der Waals surface area contributed by atoms with Gasteiger partial charge < -0.3 is 11.5 Å². The Labute approximate surface area is 152 Å². The highest BCUT2D eigenvalue weighted by Crippen LogP contribution is 2.62. The molecular formula is C16H17FN4S3. The first kappa shape index (κ1) is 17.4. The number of hydrogen-bond donors (Lipinski definition) is 4. The van der Waals surface area contributed by atoms with Gasteiger partial charge in [0, 0.05) is 27.7 Å². The molecule has 0 aromatic heterocycles. The maximum absolute atomic E-state index is 14.4. The Morgan fingerprint density at radius 3 is 2.62 bits per heavy atom. The Hall–Kier alpha value is -1.38. The summed E-state index contributed by atoms with van der Waals surface area (Å²) < 4.78 is 14.4. The molecule has 6 N–H and O–H groups in total. The topological polar surface area (TPSA) is 99.7 Å². The highest BCUT2D eigenvalue weighted by Gasteiger charge is 2.47. The van der Waals surface area contributed by atoms with Crippen LogP contribution in [0.2, 0.25) is 0 Å². The van der Waals surface area contributed by atoms with Crippen LogP contribution in [0.1, 0.15) is 6.42 Å². The molecule has 3 rings (SSSR count). The maximum atomic E-state index is 14.4. The minimum Gasteiger partial charge on any atom is -0.379 e.